The maximum Gasteiger partial charge on any atom is 0.228 e. The summed E-state index contributed by atoms with van der Waals surface area (Å²) in [5.74, 6) is 0.187. The molecule has 1 fully saturated rings. The van der Waals surface area contributed by atoms with Gasteiger partial charge in [0.25, 0.3) is 0 Å². The highest BCUT2D eigenvalue weighted by atomic mass is 35.5. The van der Waals surface area contributed by atoms with Gasteiger partial charge in [-0.05, 0) is 24.3 Å². The molecule has 0 N–H and O–H groups in total. The van der Waals surface area contributed by atoms with E-state index in [1.165, 1.54) is 0 Å². The highest BCUT2D eigenvalue weighted by molar-refractivity contribution is 7.10. The van der Waals surface area contributed by atoms with Gasteiger partial charge in [-0.15, -0.1) is 11.3 Å². The molecule has 1 saturated heterocycles. The fraction of sp³-hybridized carbons (Fsp3) is 0.500. The van der Waals surface area contributed by atoms with E-state index >= 15 is 0 Å². The molecule has 0 aromatic carbocycles. The molecule has 0 aliphatic carbocycles. The van der Waals surface area contributed by atoms with E-state index in [-0.39, 0.29) is 11.9 Å². The minimum Gasteiger partial charge on any atom is -0.334 e. The molecule has 1 atom stereocenters. The molecule has 118 valence electrons. The lowest BCUT2D eigenvalue weighted by molar-refractivity contribution is -0.133. The van der Waals surface area contributed by atoms with E-state index in [1.54, 1.807) is 17.5 Å². The van der Waals surface area contributed by atoms with E-state index in [0.29, 0.717) is 11.4 Å². The van der Waals surface area contributed by atoms with Crippen LogP contribution in [0.15, 0.2) is 23.7 Å². The molecule has 6 heteroatoms. The molecule has 1 amide bonds. The van der Waals surface area contributed by atoms with Crippen LogP contribution in [-0.4, -0.2) is 27.1 Å². The second-order valence-corrected chi connectivity index (χ2v) is 7.15. The molecule has 0 radical (unpaired) electrons. The van der Waals surface area contributed by atoms with Gasteiger partial charge in [0.2, 0.25) is 5.91 Å². The third kappa shape index (κ3) is 3.20. The topological polar surface area (TPSA) is 38.1 Å². The normalized spacial score (nSPS) is 19.2. The first kappa shape index (κ1) is 15.6. The largest absolute Gasteiger partial charge is 0.334 e. The lowest BCUT2D eigenvalue weighted by atomic mass is 10.1. The zero-order valence-corrected chi connectivity index (χ0v) is 14.2. The molecule has 1 aliphatic rings. The van der Waals surface area contributed by atoms with Crippen molar-refractivity contribution in [1.29, 1.82) is 0 Å². The number of hydrogen-bond acceptors (Lipinski definition) is 3. The van der Waals surface area contributed by atoms with Crippen molar-refractivity contribution >= 4 is 28.8 Å². The van der Waals surface area contributed by atoms with Crippen molar-refractivity contribution < 1.29 is 4.79 Å². The van der Waals surface area contributed by atoms with E-state index in [4.69, 9.17) is 11.6 Å². The van der Waals surface area contributed by atoms with Gasteiger partial charge in [-0.25, -0.2) is 0 Å². The molecule has 0 spiro atoms. The lowest BCUT2D eigenvalue weighted by Gasteiger charge is -2.30. The van der Waals surface area contributed by atoms with Crippen molar-refractivity contribution in [1.82, 2.24) is 14.7 Å². The molecule has 2 aromatic rings. The molecule has 1 unspecified atom stereocenters. The third-order valence-electron chi connectivity index (χ3n) is 4.23. The van der Waals surface area contributed by atoms with E-state index in [9.17, 15) is 4.79 Å². The Hall–Kier alpha value is -1.33. The van der Waals surface area contributed by atoms with E-state index in [0.717, 1.165) is 42.8 Å². The summed E-state index contributed by atoms with van der Waals surface area (Å²) in [6, 6.07) is 4.05. The first-order valence-corrected chi connectivity index (χ1v) is 8.92. The van der Waals surface area contributed by atoms with Crippen LogP contribution >= 0.6 is 22.9 Å². The zero-order valence-electron chi connectivity index (χ0n) is 12.7. The first-order chi connectivity index (χ1) is 10.7. The van der Waals surface area contributed by atoms with Gasteiger partial charge in [0.1, 0.15) is 0 Å². The highest BCUT2D eigenvalue weighted by Crippen LogP contribution is 2.34. The van der Waals surface area contributed by atoms with Gasteiger partial charge in [0.05, 0.1) is 29.4 Å². The standard InChI is InChI=1S/C16H20ClN3OS/c1-19-16(13(17)11-18-19)14-7-3-2-4-8-20(14)15(21)10-12-6-5-9-22-12/h5-6,9,11,14H,2-4,7-8,10H2,1H3. The average Bonchev–Trinajstić information content (AvgIpc) is 3.03. The number of aromatic nitrogens is 2. The number of likely N-dealkylation sites (tertiary alicyclic amines) is 1. The second-order valence-electron chi connectivity index (χ2n) is 5.71. The Labute approximate surface area is 139 Å². The lowest BCUT2D eigenvalue weighted by Crippen LogP contribution is -2.36. The Bertz CT molecular complexity index is 618. The monoisotopic (exact) mass is 337 g/mol. The molecule has 1 aliphatic heterocycles. The molecule has 0 saturated carbocycles. The number of carbonyl (C=O) groups excluding carboxylic acids is 1. The summed E-state index contributed by atoms with van der Waals surface area (Å²) in [7, 11) is 1.90. The number of carbonyl (C=O) groups is 1. The number of halogens is 1. The number of aryl methyl sites for hydroxylation is 1. The van der Waals surface area contributed by atoms with Gasteiger partial charge < -0.3 is 4.90 Å². The van der Waals surface area contributed by atoms with Crippen molar-refractivity contribution in [3.05, 3.63) is 39.3 Å². The Morgan fingerprint density at radius 2 is 2.32 bits per heavy atom. The predicted octanol–water partition coefficient (Wildman–Crippen LogP) is 3.82. The predicted molar refractivity (Wildman–Crippen MR) is 89.2 cm³/mol. The number of nitrogens with zero attached hydrogens (tertiary/aromatic N) is 3. The summed E-state index contributed by atoms with van der Waals surface area (Å²) >= 11 is 7.96. The van der Waals surface area contributed by atoms with Crippen molar-refractivity contribution in [2.24, 2.45) is 7.05 Å². The quantitative estimate of drug-likeness (QED) is 0.854. The summed E-state index contributed by atoms with van der Waals surface area (Å²) in [6.45, 7) is 0.802. The Morgan fingerprint density at radius 1 is 1.45 bits per heavy atom. The Kier molecular flexibility index (Phi) is 4.84. The van der Waals surface area contributed by atoms with Crippen LogP contribution < -0.4 is 0 Å². The Morgan fingerprint density at radius 3 is 3.00 bits per heavy atom. The summed E-state index contributed by atoms with van der Waals surface area (Å²) in [5, 5.41) is 6.91. The van der Waals surface area contributed by atoms with E-state index < -0.39 is 0 Å². The number of amides is 1. The summed E-state index contributed by atoms with van der Waals surface area (Å²) in [4.78, 5) is 15.9. The second kappa shape index (κ2) is 6.84. The number of hydrogen-bond donors (Lipinski definition) is 0. The summed E-state index contributed by atoms with van der Waals surface area (Å²) in [5.41, 5.74) is 0.961. The van der Waals surface area contributed by atoms with E-state index in [1.807, 2.05) is 34.1 Å². The molecular formula is C16H20ClN3OS. The summed E-state index contributed by atoms with van der Waals surface area (Å²) < 4.78 is 1.81. The van der Waals surface area contributed by atoms with Crippen molar-refractivity contribution in [2.45, 2.75) is 38.1 Å². The SMILES string of the molecule is Cn1ncc(Cl)c1C1CCCCCN1C(=O)Cc1cccs1. The first-order valence-electron chi connectivity index (χ1n) is 7.66. The minimum absolute atomic E-state index is 0.0370. The van der Waals surface area contributed by atoms with Crippen LogP contribution in [0, 0.1) is 0 Å². The maximum atomic E-state index is 12.8. The molecule has 4 nitrogen and oxygen atoms in total. The molecule has 22 heavy (non-hydrogen) atoms. The van der Waals surface area contributed by atoms with Gasteiger partial charge in [0, 0.05) is 18.5 Å². The van der Waals surface area contributed by atoms with Crippen LogP contribution in [0.5, 0.6) is 0 Å². The van der Waals surface area contributed by atoms with Gasteiger partial charge in [-0.2, -0.15) is 5.10 Å². The zero-order chi connectivity index (χ0) is 15.5. The van der Waals surface area contributed by atoms with E-state index in [2.05, 4.69) is 5.10 Å². The molecular weight excluding hydrogens is 318 g/mol. The van der Waals surface area contributed by atoms with Gasteiger partial charge in [0.15, 0.2) is 0 Å². The maximum absolute atomic E-state index is 12.8. The fourth-order valence-corrected chi connectivity index (χ4v) is 4.14. The van der Waals surface area contributed by atoms with Crippen LogP contribution in [-0.2, 0) is 18.3 Å². The van der Waals surface area contributed by atoms with Crippen LogP contribution in [0.25, 0.3) is 0 Å². The molecule has 3 rings (SSSR count). The van der Waals surface area contributed by atoms with Crippen LogP contribution in [0.4, 0.5) is 0 Å². The third-order valence-corrected chi connectivity index (χ3v) is 5.40. The van der Waals surface area contributed by atoms with Crippen LogP contribution in [0.1, 0.15) is 42.3 Å². The van der Waals surface area contributed by atoms with Gasteiger partial charge >= 0.3 is 0 Å². The number of thiophene rings is 1. The molecule has 2 aromatic heterocycles. The van der Waals surface area contributed by atoms with Crippen molar-refractivity contribution in [2.75, 3.05) is 6.54 Å². The molecule has 3 heterocycles. The average molecular weight is 338 g/mol. The van der Waals surface area contributed by atoms with Crippen molar-refractivity contribution in [3.8, 4) is 0 Å². The summed E-state index contributed by atoms with van der Waals surface area (Å²) in [6.07, 6.45) is 6.44. The smallest absolute Gasteiger partial charge is 0.228 e. The van der Waals surface area contributed by atoms with Crippen LogP contribution in [0.3, 0.4) is 0 Å². The fourth-order valence-electron chi connectivity index (χ4n) is 3.15. The van der Waals surface area contributed by atoms with Crippen LogP contribution in [0.2, 0.25) is 5.02 Å². The number of rotatable bonds is 3. The van der Waals surface area contributed by atoms with Crippen molar-refractivity contribution in [3.63, 3.8) is 0 Å². The highest BCUT2D eigenvalue weighted by Gasteiger charge is 2.30. The van der Waals surface area contributed by atoms with Gasteiger partial charge in [-0.1, -0.05) is 30.5 Å². The molecule has 0 bridgehead atoms. The van der Waals surface area contributed by atoms with Gasteiger partial charge in [-0.3, -0.25) is 9.48 Å². The minimum atomic E-state index is 0.0370. The Balaban J connectivity index is 1.86.